The summed E-state index contributed by atoms with van der Waals surface area (Å²) < 4.78 is 12.0. The van der Waals surface area contributed by atoms with Gasteiger partial charge < -0.3 is 19.6 Å². The summed E-state index contributed by atoms with van der Waals surface area (Å²) in [4.78, 5) is 10.2. The van der Waals surface area contributed by atoms with E-state index in [1.165, 1.54) is 16.9 Å². The first-order chi connectivity index (χ1) is 8.19. The van der Waals surface area contributed by atoms with E-state index in [2.05, 4.69) is 5.10 Å². The van der Waals surface area contributed by atoms with Crippen LogP contribution in [0.25, 0.3) is 0 Å². The van der Waals surface area contributed by atoms with Crippen molar-refractivity contribution in [3.63, 3.8) is 0 Å². The van der Waals surface area contributed by atoms with E-state index in [-0.39, 0.29) is 12.1 Å². The summed E-state index contributed by atoms with van der Waals surface area (Å²) in [5.74, 6) is -0.0169. The molecule has 7 heteroatoms. The average Bonchev–Trinajstić information content (AvgIpc) is 2.74. The SMILES string of the molecule is CCOC(CCn1nccc1[N+](=O)[O-])OCC. The number of hydrogen-bond acceptors (Lipinski definition) is 5. The van der Waals surface area contributed by atoms with Crippen LogP contribution < -0.4 is 0 Å². The molecule has 0 radical (unpaired) electrons. The van der Waals surface area contributed by atoms with Gasteiger partial charge in [0.1, 0.15) is 6.54 Å². The molecule has 1 aromatic rings. The lowest BCUT2D eigenvalue weighted by Gasteiger charge is -2.15. The Morgan fingerprint density at radius 1 is 1.47 bits per heavy atom. The van der Waals surface area contributed by atoms with Gasteiger partial charge in [0, 0.05) is 19.6 Å². The summed E-state index contributed by atoms with van der Waals surface area (Å²) in [6, 6.07) is 1.37. The molecule has 0 aliphatic rings. The zero-order valence-corrected chi connectivity index (χ0v) is 10.0. The standard InChI is InChI=1S/C10H17N3O4/c1-3-16-10(17-4-2)6-8-12-9(13(14)15)5-7-11-12/h5,7,10H,3-4,6,8H2,1-2H3. The second kappa shape index (κ2) is 6.97. The molecular weight excluding hydrogens is 226 g/mol. The molecule has 0 amide bonds. The lowest BCUT2D eigenvalue weighted by molar-refractivity contribution is -0.392. The molecular formula is C10H17N3O4. The van der Waals surface area contributed by atoms with Crippen LogP contribution in [0.1, 0.15) is 20.3 Å². The summed E-state index contributed by atoms with van der Waals surface area (Å²) in [6.07, 6.45) is 1.60. The van der Waals surface area contributed by atoms with Crippen LogP contribution in [0, 0.1) is 10.1 Å². The number of ether oxygens (including phenoxy) is 2. The third kappa shape index (κ3) is 4.12. The Balaban J connectivity index is 2.52. The Labute approximate surface area is 99.5 Å². The van der Waals surface area contributed by atoms with Gasteiger partial charge in [-0.05, 0) is 18.8 Å². The van der Waals surface area contributed by atoms with E-state index >= 15 is 0 Å². The normalized spacial score (nSPS) is 11.0. The topological polar surface area (TPSA) is 79.4 Å². The summed E-state index contributed by atoms with van der Waals surface area (Å²) in [6.45, 7) is 5.25. The molecule has 0 bridgehead atoms. The molecule has 1 heterocycles. The minimum atomic E-state index is -0.455. The van der Waals surface area contributed by atoms with Crippen molar-refractivity contribution in [1.29, 1.82) is 0 Å². The van der Waals surface area contributed by atoms with E-state index in [4.69, 9.17) is 9.47 Å². The zero-order chi connectivity index (χ0) is 12.7. The van der Waals surface area contributed by atoms with E-state index in [9.17, 15) is 10.1 Å². The fourth-order valence-corrected chi connectivity index (χ4v) is 1.47. The largest absolute Gasteiger partial charge is 0.358 e. The fourth-order valence-electron chi connectivity index (χ4n) is 1.47. The van der Waals surface area contributed by atoms with Gasteiger partial charge in [-0.25, -0.2) is 0 Å². The molecule has 96 valence electrons. The van der Waals surface area contributed by atoms with E-state index in [1.54, 1.807) is 0 Å². The average molecular weight is 243 g/mol. The molecule has 0 atom stereocenters. The van der Waals surface area contributed by atoms with Gasteiger partial charge in [-0.1, -0.05) is 5.10 Å². The van der Waals surface area contributed by atoms with Crippen molar-refractivity contribution in [2.75, 3.05) is 13.2 Å². The second-order valence-electron chi connectivity index (χ2n) is 3.30. The molecule has 1 aromatic heterocycles. The van der Waals surface area contributed by atoms with Gasteiger partial charge in [0.25, 0.3) is 0 Å². The van der Waals surface area contributed by atoms with Crippen molar-refractivity contribution >= 4 is 5.82 Å². The predicted molar refractivity (Wildman–Crippen MR) is 60.5 cm³/mol. The highest BCUT2D eigenvalue weighted by atomic mass is 16.7. The van der Waals surface area contributed by atoms with E-state index in [1.807, 2.05) is 13.8 Å². The highest BCUT2D eigenvalue weighted by molar-refractivity contribution is 5.15. The maximum atomic E-state index is 10.7. The lowest BCUT2D eigenvalue weighted by atomic mass is 10.4. The van der Waals surface area contributed by atoms with Gasteiger partial charge in [-0.15, -0.1) is 4.68 Å². The summed E-state index contributed by atoms with van der Waals surface area (Å²) >= 11 is 0. The number of aryl methyl sites for hydroxylation is 1. The van der Waals surface area contributed by atoms with Crippen LogP contribution in [0.3, 0.4) is 0 Å². The lowest BCUT2D eigenvalue weighted by Crippen LogP contribution is -2.20. The number of hydrogen-bond donors (Lipinski definition) is 0. The Bertz CT molecular complexity index is 347. The first-order valence-electron chi connectivity index (χ1n) is 5.58. The van der Waals surface area contributed by atoms with Gasteiger partial charge in [0.2, 0.25) is 0 Å². The molecule has 0 saturated heterocycles. The van der Waals surface area contributed by atoms with E-state index < -0.39 is 4.92 Å². The molecule has 0 unspecified atom stereocenters. The Kier molecular flexibility index (Phi) is 5.58. The Morgan fingerprint density at radius 2 is 2.12 bits per heavy atom. The van der Waals surface area contributed by atoms with E-state index in [0.717, 1.165) is 0 Å². The van der Waals surface area contributed by atoms with Crippen molar-refractivity contribution in [2.24, 2.45) is 0 Å². The van der Waals surface area contributed by atoms with Crippen molar-refractivity contribution < 1.29 is 14.4 Å². The third-order valence-corrected chi connectivity index (χ3v) is 2.16. The molecule has 0 N–H and O–H groups in total. The van der Waals surface area contributed by atoms with E-state index in [0.29, 0.717) is 26.2 Å². The second-order valence-corrected chi connectivity index (χ2v) is 3.30. The molecule has 0 aromatic carbocycles. The quantitative estimate of drug-likeness (QED) is 0.393. The monoisotopic (exact) mass is 243 g/mol. The highest BCUT2D eigenvalue weighted by Gasteiger charge is 2.16. The molecule has 1 rings (SSSR count). The smallest absolute Gasteiger partial charge is 0.344 e. The maximum absolute atomic E-state index is 10.7. The number of rotatable bonds is 8. The van der Waals surface area contributed by atoms with Crippen LogP contribution in [0.4, 0.5) is 5.82 Å². The molecule has 0 spiro atoms. The van der Waals surface area contributed by atoms with Crippen LogP contribution in [0.15, 0.2) is 12.3 Å². The maximum Gasteiger partial charge on any atom is 0.344 e. The van der Waals surface area contributed by atoms with Crippen molar-refractivity contribution in [3.05, 3.63) is 22.4 Å². The highest BCUT2D eigenvalue weighted by Crippen LogP contribution is 2.11. The summed E-state index contributed by atoms with van der Waals surface area (Å²) in [5.41, 5.74) is 0. The van der Waals surface area contributed by atoms with Gasteiger partial charge in [0.05, 0.1) is 12.3 Å². The molecule has 7 nitrogen and oxygen atoms in total. The van der Waals surface area contributed by atoms with Crippen molar-refractivity contribution in [1.82, 2.24) is 9.78 Å². The van der Waals surface area contributed by atoms with Crippen LogP contribution in [-0.4, -0.2) is 34.2 Å². The van der Waals surface area contributed by atoms with Gasteiger partial charge in [0.15, 0.2) is 6.29 Å². The van der Waals surface area contributed by atoms with Crippen molar-refractivity contribution in [2.45, 2.75) is 33.1 Å². The van der Waals surface area contributed by atoms with Gasteiger partial charge >= 0.3 is 5.82 Å². The van der Waals surface area contributed by atoms with Gasteiger partial charge in [-0.2, -0.15) is 0 Å². The fraction of sp³-hybridized carbons (Fsp3) is 0.700. The molecule has 0 aliphatic carbocycles. The number of nitro groups is 1. The van der Waals surface area contributed by atoms with Gasteiger partial charge in [-0.3, -0.25) is 0 Å². The minimum Gasteiger partial charge on any atom is -0.358 e. The molecule has 0 saturated carbocycles. The Morgan fingerprint density at radius 3 is 2.65 bits per heavy atom. The first kappa shape index (κ1) is 13.6. The first-order valence-corrected chi connectivity index (χ1v) is 5.58. The Hall–Kier alpha value is -1.47. The molecule has 17 heavy (non-hydrogen) atoms. The summed E-state index contributed by atoms with van der Waals surface area (Å²) in [5, 5.41) is 14.6. The molecule has 0 fully saturated rings. The van der Waals surface area contributed by atoms with Crippen LogP contribution in [-0.2, 0) is 16.0 Å². The number of aromatic nitrogens is 2. The van der Waals surface area contributed by atoms with Crippen LogP contribution in [0.5, 0.6) is 0 Å². The third-order valence-electron chi connectivity index (χ3n) is 2.16. The van der Waals surface area contributed by atoms with Crippen LogP contribution in [0.2, 0.25) is 0 Å². The summed E-state index contributed by atoms with van der Waals surface area (Å²) in [7, 11) is 0. The van der Waals surface area contributed by atoms with Crippen LogP contribution >= 0.6 is 0 Å². The van der Waals surface area contributed by atoms with Crippen molar-refractivity contribution in [3.8, 4) is 0 Å². The minimum absolute atomic E-state index is 0.0169. The molecule has 0 aliphatic heterocycles. The zero-order valence-electron chi connectivity index (χ0n) is 10.0. The predicted octanol–water partition coefficient (Wildman–Crippen LogP) is 1.58. The number of nitrogens with zero attached hydrogens (tertiary/aromatic N) is 3.